The second-order valence-corrected chi connectivity index (χ2v) is 8.37. The number of unbranched alkanes of at least 4 members (excludes halogenated alkanes) is 5. The molecule has 2 rings (SSSR count). The van der Waals surface area contributed by atoms with Crippen LogP contribution in [0.15, 0.2) is 36.4 Å². The lowest BCUT2D eigenvalue weighted by atomic mass is 9.85. The summed E-state index contributed by atoms with van der Waals surface area (Å²) in [5.74, 6) is -4.57. The Kier molecular flexibility index (Phi) is 10.7. The molecule has 0 spiro atoms. The van der Waals surface area contributed by atoms with Crippen molar-refractivity contribution >= 4 is 0 Å². The van der Waals surface area contributed by atoms with Gasteiger partial charge in [-0.05, 0) is 56.0 Å². The van der Waals surface area contributed by atoms with Crippen molar-refractivity contribution in [3.05, 3.63) is 59.4 Å². The SMILES string of the molecule is CCCCCCCCC(c1ccc(-c2cc(F)c(F)c(F)c2)cc1)C(C)(OCC)OCC. The zero-order valence-electron chi connectivity index (χ0n) is 19.9. The van der Waals surface area contributed by atoms with Gasteiger partial charge in [0.15, 0.2) is 23.2 Å². The Labute approximate surface area is 191 Å². The quantitative estimate of drug-likeness (QED) is 0.163. The predicted molar refractivity (Wildman–Crippen MR) is 124 cm³/mol. The largest absolute Gasteiger partial charge is 0.350 e. The minimum atomic E-state index is -1.45. The molecule has 2 aromatic carbocycles. The van der Waals surface area contributed by atoms with Crippen LogP contribution < -0.4 is 0 Å². The number of hydrogen-bond acceptors (Lipinski definition) is 2. The van der Waals surface area contributed by atoms with E-state index in [0.29, 0.717) is 24.3 Å². The molecule has 0 N–H and O–H groups in total. The van der Waals surface area contributed by atoms with Gasteiger partial charge in [0.05, 0.1) is 0 Å². The van der Waals surface area contributed by atoms with Crippen LogP contribution in [-0.2, 0) is 9.47 Å². The zero-order valence-corrected chi connectivity index (χ0v) is 19.9. The van der Waals surface area contributed by atoms with E-state index in [4.69, 9.17) is 9.47 Å². The number of ether oxygens (including phenoxy) is 2. The van der Waals surface area contributed by atoms with Crippen molar-refractivity contribution in [1.82, 2.24) is 0 Å². The van der Waals surface area contributed by atoms with Crippen molar-refractivity contribution in [2.24, 2.45) is 0 Å². The van der Waals surface area contributed by atoms with Crippen molar-refractivity contribution in [2.75, 3.05) is 13.2 Å². The Morgan fingerprint density at radius 1 is 0.750 bits per heavy atom. The molecule has 0 aliphatic rings. The van der Waals surface area contributed by atoms with Crippen LogP contribution in [0.3, 0.4) is 0 Å². The van der Waals surface area contributed by atoms with Crippen molar-refractivity contribution in [2.45, 2.75) is 84.3 Å². The van der Waals surface area contributed by atoms with Crippen LogP contribution in [0.2, 0.25) is 0 Å². The predicted octanol–water partition coefficient (Wildman–Crippen LogP) is 8.39. The Balaban J connectivity index is 2.25. The highest BCUT2D eigenvalue weighted by atomic mass is 19.2. The van der Waals surface area contributed by atoms with E-state index in [1.807, 2.05) is 45.0 Å². The fourth-order valence-corrected chi connectivity index (χ4v) is 4.31. The van der Waals surface area contributed by atoms with E-state index >= 15 is 0 Å². The second-order valence-electron chi connectivity index (χ2n) is 8.37. The molecule has 2 aromatic rings. The number of rotatable bonds is 14. The van der Waals surface area contributed by atoms with Gasteiger partial charge in [-0.3, -0.25) is 0 Å². The normalized spacial score (nSPS) is 12.8. The van der Waals surface area contributed by atoms with Gasteiger partial charge in [0.2, 0.25) is 0 Å². The smallest absolute Gasteiger partial charge is 0.194 e. The fraction of sp³-hybridized carbons (Fsp3) is 0.556. The first kappa shape index (κ1) is 26.4. The number of benzene rings is 2. The lowest BCUT2D eigenvalue weighted by Crippen LogP contribution is -2.39. The summed E-state index contributed by atoms with van der Waals surface area (Å²) < 4.78 is 52.8. The molecule has 5 heteroatoms. The van der Waals surface area contributed by atoms with Crippen LogP contribution >= 0.6 is 0 Å². The minimum absolute atomic E-state index is 0.0179. The summed E-state index contributed by atoms with van der Waals surface area (Å²) in [5.41, 5.74) is 1.98. The lowest BCUT2D eigenvalue weighted by Gasteiger charge is -2.37. The molecular formula is C27H37F3O2. The summed E-state index contributed by atoms with van der Waals surface area (Å²) in [6, 6.07) is 9.57. The van der Waals surface area contributed by atoms with Crippen molar-refractivity contribution in [3.8, 4) is 11.1 Å². The molecule has 1 atom stereocenters. The zero-order chi connectivity index (χ0) is 23.6. The topological polar surface area (TPSA) is 18.5 Å². The summed E-state index contributed by atoms with van der Waals surface area (Å²) in [6.07, 6.45) is 8.13. The Morgan fingerprint density at radius 2 is 1.28 bits per heavy atom. The molecule has 0 saturated heterocycles. The van der Waals surface area contributed by atoms with Gasteiger partial charge in [0, 0.05) is 19.1 Å². The Bertz CT molecular complexity index is 791. The van der Waals surface area contributed by atoms with E-state index in [2.05, 4.69) is 6.92 Å². The van der Waals surface area contributed by atoms with E-state index in [1.165, 1.54) is 25.7 Å². The third-order valence-electron chi connectivity index (χ3n) is 5.97. The third kappa shape index (κ3) is 7.08. The molecule has 178 valence electrons. The molecule has 0 bridgehead atoms. The fourth-order valence-electron chi connectivity index (χ4n) is 4.31. The molecule has 0 aliphatic heterocycles. The highest BCUT2D eigenvalue weighted by Crippen LogP contribution is 2.38. The highest BCUT2D eigenvalue weighted by Gasteiger charge is 2.36. The summed E-state index contributed by atoms with van der Waals surface area (Å²) in [5, 5.41) is 0. The van der Waals surface area contributed by atoms with Crippen LogP contribution in [0, 0.1) is 17.5 Å². The average Bonchev–Trinajstić information content (AvgIpc) is 2.77. The number of hydrogen-bond donors (Lipinski definition) is 0. The standard InChI is InChI=1S/C27H37F3O2/c1-5-8-9-10-11-12-13-23(27(4,31-6-2)32-7-3)21-16-14-20(15-17-21)22-18-24(28)26(30)25(29)19-22/h14-19,23H,5-13H2,1-4H3. The maximum absolute atomic E-state index is 13.7. The third-order valence-corrected chi connectivity index (χ3v) is 5.97. The Hall–Kier alpha value is -1.85. The lowest BCUT2D eigenvalue weighted by molar-refractivity contribution is -0.236. The maximum atomic E-state index is 13.7. The molecule has 0 amide bonds. The molecular weight excluding hydrogens is 413 g/mol. The second kappa shape index (κ2) is 13.0. The van der Waals surface area contributed by atoms with Gasteiger partial charge in [-0.2, -0.15) is 0 Å². The first-order valence-electron chi connectivity index (χ1n) is 11.9. The minimum Gasteiger partial charge on any atom is -0.350 e. The molecule has 1 unspecified atom stereocenters. The van der Waals surface area contributed by atoms with Gasteiger partial charge in [0.25, 0.3) is 0 Å². The van der Waals surface area contributed by atoms with Crippen LogP contribution in [-0.4, -0.2) is 19.0 Å². The van der Waals surface area contributed by atoms with Gasteiger partial charge in [0.1, 0.15) is 0 Å². The highest BCUT2D eigenvalue weighted by molar-refractivity contribution is 5.64. The van der Waals surface area contributed by atoms with E-state index in [9.17, 15) is 13.2 Å². The van der Waals surface area contributed by atoms with Crippen LogP contribution in [0.4, 0.5) is 13.2 Å². The van der Waals surface area contributed by atoms with Crippen LogP contribution in [0.5, 0.6) is 0 Å². The van der Waals surface area contributed by atoms with E-state index < -0.39 is 23.2 Å². The Morgan fingerprint density at radius 3 is 1.81 bits per heavy atom. The molecule has 0 heterocycles. The molecule has 0 aliphatic carbocycles. The van der Waals surface area contributed by atoms with Gasteiger partial charge in [-0.15, -0.1) is 0 Å². The maximum Gasteiger partial charge on any atom is 0.194 e. The van der Waals surface area contributed by atoms with E-state index in [0.717, 1.165) is 37.0 Å². The van der Waals surface area contributed by atoms with Crippen LogP contribution in [0.1, 0.15) is 84.1 Å². The molecule has 0 saturated carbocycles. The van der Waals surface area contributed by atoms with Crippen molar-refractivity contribution < 1.29 is 22.6 Å². The van der Waals surface area contributed by atoms with Gasteiger partial charge in [-0.25, -0.2) is 13.2 Å². The summed E-state index contributed by atoms with van der Waals surface area (Å²) in [4.78, 5) is 0. The molecule has 32 heavy (non-hydrogen) atoms. The summed E-state index contributed by atoms with van der Waals surface area (Å²) in [6.45, 7) is 9.19. The van der Waals surface area contributed by atoms with Gasteiger partial charge in [-0.1, -0.05) is 69.7 Å². The monoisotopic (exact) mass is 450 g/mol. The summed E-state index contributed by atoms with van der Waals surface area (Å²) in [7, 11) is 0. The van der Waals surface area contributed by atoms with Gasteiger partial charge >= 0.3 is 0 Å². The molecule has 0 radical (unpaired) electrons. The average molecular weight is 451 g/mol. The first-order chi connectivity index (χ1) is 15.4. The van der Waals surface area contributed by atoms with Crippen molar-refractivity contribution in [3.63, 3.8) is 0 Å². The molecule has 0 fully saturated rings. The first-order valence-corrected chi connectivity index (χ1v) is 11.9. The van der Waals surface area contributed by atoms with E-state index in [-0.39, 0.29) is 5.92 Å². The molecule has 0 aromatic heterocycles. The molecule has 2 nitrogen and oxygen atoms in total. The van der Waals surface area contributed by atoms with Gasteiger partial charge < -0.3 is 9.47 Å². The van der Waals surface area contributed by atoms with Crippen LogP contribution in [0.25, 0.3) is 11.1 Å². The summed E-state index contributed by atoms with van der Waals surface area (Å²) >= 11 is 0. The number of halogens is 3. The van der Waals surface area contributed by atoms with E-state index in [1.54, 1.807) is 0 Å². The van der Waals surface area contributed by atoms with Crippen molar-refractivity contribution in [1.29, 1.82) is 0 Å².